The van der Waals surface area contributed by atoms with Crippen LogP contribution in [-0.4, -0.2) is 37.1 Å². The van der Waals surface area contributed by atoms with Crippen LogP contribution >= 0.6 is 0 Å². The molecule has 1 saturated heterocycles. The Morgan fingerprint density at radius 3 is 2.50 bits per heavy atom. The van der Waals surface area contributed by atoms with Gasteiger partial charge >= 0.3 is 0 Å². The predicted octanol–water partition coefficient (Wildman–Crippen LogP) is 3.67. The van der Waals surface area contributed by atoms with Crippen LogP contribution in [0, 0.1) is 16.7 Å². The molecule has 0 aromatic rings. The molecular formula is C18H34N2. The van der Waals surface area contributed by atoms with Crippen molar-refractivity contribution in [3.63, 3.8) is 0 Å². The molecule has 3 fully saturated rings. The lowest BCUT2D eigenvalue weighted by Crippen LogP contribution is -2.50. The van der Waals surface area contributed by atoms with Crippen molar-refractivity contribution in [3.05, 3.63) is 0 Å². The first-order valence-electron chi connectivity index (χ1n) is 8.98. The second-order valence-corrected chi connectivity index (χ2v) is 8.56. The van der Waals surface area contributed by atoms with Crippen LogP contribution in [0.5, 0.6) is 0 Å². The number of rotatable bonds is 5. The second-order valence-electron chi connectivity index (χ2n) is 8.56. The fraction of sp³-hybridized carbons (Fsp3) is 1.00. The third kappa shape index (κ3) is 2.66. The molecule has 0 amide bonds. The minimum Gasteiger partial charge on any atom is -0.313 e. The van der Waals surface area contributed by atoms with E-state index in [4.69, 9.17) is 0 Å². The van der Waals surface area contributed by atoms with Gasteiger partial charge in [0.1, 0.15) is 0 Å². The number of likely N-dealkylation sites (tertiary alicyclic amines) is 1. The zero-order valence-corrected chi connectivity index (χ0v) is 13.9. The van der Waals surface area contributed by atoms with Crippen LogP contribution in [0.25, 0.3) is 0 Å². The summed E-state index contributed by atoms with van der Waals surface area (Å²) in [6, 6.07) is 0.745. The molecule has 2 nitrogen and oxygen atoms in total. The number of fused-ring (bicyclic) bond motifs is 2. The highest BCUT2D eigenvalue weighted by atomic mass is 15.1. The van der Waals surface area contributed by atoms with Gasteiger partial charge < -0.3 is 10.2 Å². The molecule has 1 heterocycles. The molecule has 1 unspecified atom stereocenters. The van der Waals surface area contributed by atoms with Crippen LogP contribution in [-0.2, 0) is 0 Å². The molecule has 3 aliphatic rings. The van der Waals surface area contributed by atoms with E-state index in [-0.39, 0.29) is 0 Å². The Morgan fingerprint density at radius 2 is 1.85 bits per heavy atom. The number of piperidine rings is 1. The van der Waals surface area contributed by atoms with Crippen molar-refractivity contribution in [1.29, 1.82) is 0 Å². The molecule has 0 radical (unpaired) electrons. The first-order chi connectivity index (χ1) is 9.52. The summed E-state index contributed by atoms with van der Waals surface area (Å²) < 4.78 is 0. The van der Waals surface area contributed by atoms with Crippen LogP contribution in [0.4, 0.5) is 0 Å². The zero-order chi connectivity index (χ0) is 14.2. The average molecular weight is 278 g/mol. The molecule has 3 atom stereocenters. The third-order valence-electron chi connectivity index (χ3n) is 6.72. The molecule has 1 aliphatic heterocycles. The molecule has 20 heavy (non-hydrogen) atoms. The Morgan fingerprint density at radius 1 is 1.10 bits per heavy atom. The Hall–Kier alpha value is -0.0800. The van der Waals surface area contributed by atoms with E-state index in [1.807, 2.05) is 0 Å². The van der Waals surface area contributed by atoms with Gasteiger partial charge in [-0.15, -0.1) is 0 Å². The van der Waals surface area contributed by atoms with E-state index >= 15 is 0 Å². The smallest absolute Gasteiger partial charge is 0.0175 e. The topological polar surface area (TPSA) is 15.3 Å². The van der Waals surface area contributed by atoms with Crippen molar-refractivity contribution < 1.29 is 0 Å². The molecule has 116 valence electrons. The van der Waals surface area contributed by atoms with Gasteiger partial charge in [0.05, 0.1) is 0 Å². The molecule has 1 N–H and O–H groups in total. The van der Waals surface area contributed by atoms with Crippen molar-refractivity contribution in [2.45, 2.75) is 71.8 Å². The molecule has 2 saturated carbocycles. The zero-order valence-electron chi connectivity index (χ0n) is 13.9. The van der Waals surface area contributed by atoms with Crippen molar-refractivity contribution in [3.8, 4) is 0 Å². The molecule has 0 spiro atoms. The molecule has 2 bridgehead atoms. The summed E-state index contributed by atoms with van der Waals surface area (Å²) in [4.78, 5) is 2.67. The number of hydrogen-bond acceptors (Lipinski definition) is 2. The summed E-state index contributed by atoms with van der Waals surface area (Å²) in [5, 5.41) is 3.96. The van der Waals surface area contributed by atoms with Gasteiger partial charge in [0.25, 0.3) is 0 Å². The Balaban J connectivity index is 1.44. The maximum atomic E-state index is 3.96. The van der Waals surface area contributed by atoms with Crippen molar-refractivity contribution in [2.24, 2.45) is 16.7 Å². The van der Waals surface area contributed by atoms with Crippen LogP contribution in [0.3, 0.4) is 0 Å². The lowest BCUT2D eigenvalue weighted by molar-refractivity contribution is 0.107. The Bertz CT molecular complexity index is 328. The molecular weight excluding hydrogens is 244 g/mol. The van der Waals surface area contributed by atoms with Crippen LogP contribution in [0.1, 0.15) is 65.7 Å². The highest BCUT2D eigenvalue weighted by molar-refractivity contribution is 5.11. The monoisotopic (exact) mass is 278 g/mol. The Labute approximate surface area is 125 Å². The summed E-state index contributed by atoms with van der Waals surface area (Å²) in [7, 11) is 0. The van der Waals surface area contributed by atoms with E-state index in [0.717, 1.165) is 12.0 Å². The van der Waals surface area contributed by atoms with Crippen molar-refractivity contribution in [1.82, 2.24) is 10.2 Å². The van der Waals surface area contributed by atoms with E-state index in [0.29, 0.717) is 10.8 Å². The molecule has 0 aromatic heterocycles. The van der Waals surface area contributed by atoms with Crippen molar-refractivity contribution >= 4 is 0 Å². The normalized spacial score (nSPS) is 40.4. The maximum Gasteiger partial charge on any atom is 0.0175 e. The SMILES string of the molecule is CC1(C)C(NCCCN2CCCCC2)[C@]2(C)CC[C@H]1C2. The Kier molecular flexibility index (Phi) is 4.16. The summed E-state index contributed by atoms with van der Waals surface area (Å²) in [6.07, 6.45) is 9.99. The summed E-state index contributed by atoms with van der Waals surface area (Å²) in [5.74, 6) is 0.965. The lowest BCUT2D eigenvalue weighted by atomic mass is 9.68. The third-order valence-corrected chi connectivity index (χ3v) is 6.72. The van der Waals surface area contributed by atoms with Gasteiger partial charge in [-0.05, 0) is 81.5 Å². The van der Waals surface area contributed by atoms with Crippen LogP contribution in [0.2, 0.25) is 0 Å². The first kappa shape index (κ1) is 14.8. The summed E-state index contributed by atoms with van der Waals surface area (Å²) in [5.41, 5.74) is 1.09. The predicted molar refractivity (Wildman–Crippen MR) is 85.9 cm³/mol. The minimum atomic E-state index is 0.512. The standard InChI is InChI=1S/C18H34N2/c1-17(2)15-8-9-18(3,14-15)16(17)19-10-7-13-20-11-5-4-6-12-20/h15-16,19H,4-14H2,1-3H3/t15-,16?,18+/m0/s1. The van der Waals surface area contributed by atoms with E-state index in [1.165, 1.54) is 71.1 Å². The van der Waals surface area contributed by atoms with Gasteiger partial charge in [0, 0.05) is 6.04 Å². The van der Waals surface area contributed by atoms with E-state index in [9.17, 15) is 0 Å². The highest BCUT2D eigenvalue weighted by Crippen LogP contribution is 2.62. The van der Waals surface area contributed by atoms with Gasteiger partial charge in [-0.1, -0.05) is 27.2 Å². The number of hydrogen-bond donors (Lipinski definition) is 1. The lowest BCUT2D eigenvalue weighted by Gasteiger charge is -2.43. The summed E-state index contributed by atoms with van der Waals surface area (Å²) >= 11 is 0. The molecule has 2 aliphatic carbocycles. The molecule has 3 rings (SSSR count). The maximum absolute atomic E-state index is 3.96. The van der Waals surface area contributed by atoms with E-state index in [1.54, 1.807) is 0 Å². The van der Waals surface area contributed by atoms with E-state index in [2.05, 4.69) is 31.0 Å². The fourth-order valence-electron chi connectivity index (χ4n) is 5.54. The fourth-order valence-corrected chi connectivity index (χ4v) is 5.54. The van der Waals surface area contributed by atoms with Gasteiger partial charge in [-0.25, -0.2) is 0 Å². The number of nitrogens with zero attached hydrogens (tertiary/aromatic N) is 1. The van der Waals surface area contributed by atoms with Gasteiger partial charge in [-0.3, -0.25) is 0 Å². The largest absolute Gasteiger partial charge is 0.313 e. The average Bonchev–Trinajstić information content (AvgIpc) is 2.90. The highest BCUT2D eigenvalue weighted by Gasteiger charge is 2.58. The minimum absolute atomic E-state index is 0.512. The van der Waals surface area contributed by atoms with Crippen LogP contribution < -0.4 is 5.32 Å². The van der Waals surface area contributed by atoms with E-state index < -0.39 is 0 Å². The molecule has 2 heteroatoms. The second kappa shape index (κ2) is 5.61. The van der Waals surface area contributed by atoms with Crippen LogP contribution in [0.15, 0.2) is 0 Å². The van der Waals surface area contributed by atoms with Gasteiger partial charge in [-0.2, -0.15) is 0 Å². The first-order valence-corrected chi connectivity index (χ1v) is 8.98. The quantitative estimate of drug-likeness (QED) is 0.772. The van der Waals surface area contributed by atoms with Crippen molar-refractivity contribution in [2.75, 3.05) is 26.2 Å². The molecule has 0 aromatic carbocycles. The van der Waals surface area contributed by atoms with Gasteiger partial charge in [0.15, 0.2) is 0 Å². The number of nitrogens with one attached hydrogen (secondary N) is 1. The summed E-state index contributed by atoms with van der Waals surface area (Å²) in [6.45, 7) is 12.7. The van der Waals surface area contributed by atoms with Gasteiger partial charge in [0.2, 0.25) is 0 Å².